The Morgan fingerprint density at radius 3 is 1.61 bits per heavy atom. The molecule has 0 spiro atoms. The van der Waals surface area contributed by atoms with E-state index in [0.29, 0.717) is 12.2 Å². The Hall–Kier alpha value is -3.93. The van der Waals surface area contributed by atoms with Gasteiger partial charge in [-0.05, 0) is 69.4 Å². The minimum absolute atomic E-state index is 0.231. The molecule has 2 N–H and O–H groups in total. The van der Waals surface area contributed by atoms with E-state index in [-0.39, 0.29) is 6.61 Å². The summed E-state index contributed by atoms with van der Waals surface area (Å²) in [6.45, 7) is 14.8. The predicted molar refractivity (Wildman–Crippen MR) is 149 cm³/mol. The molecule has 0 saturated carbocycles. The molecule has 6 nitrogen and oxygen atoms in total. The molecule has 0 atom stereocenters. The van der Waals surface area contributed by atoms with E-state index in [1.165, 1.54) is 44.8 Å². The van der Waals surface area contributed by atoms with E-state index in [1.54, 1.807) is 0 Å². The van der Waals surface area contributed by atoms with E-state index in [0.717, 1.165) is 18.7 Å². The van der Waals surface area contributed by atoms with Crippen LogP contribution in [0.2, 0.25) is 0 Å². The molecule has 6 heteroatoms. The van der Waals surface area contributed by atoms with Crippen LogP contribution in [0.15, 0.2) is 54.6 Å². The second-order valence-electron chi connectivity index (χ2n) is 9.36. The molecule has 3 aromatic carbocycles. The van der Waals surface area contributed by atoms with Crippen molar-refractivity contribution in [2.24, 2.45) is 0 Å². The maximum absolute atomic E-state index is 10.5. The van der Waals surface area contributed by atoms with Crippen LogP contribution in [0.1, 0.15) is 38.9 Å². The SMILES string of the molecule is Cc1cc(C)c(N2CCN(c3c(C)cc(C)cc3C)C2=N)c(C)c1.N=CC(=O)OCc1ccccc1. The molecule has 1 heterocycles. The van der Waals surface area contributed by atoms with Crippen molar-refractivity contribution in [3.8, 4) is 0 Å². The highest BCUT2D eigenvalue weighted by Gasteiger charge is 2.30. The molecule has 0 amide bonds. The van der Waals surface area contributed by atoms with Crippen LogP contribution >= 0.6 is 0 Å². The van der Waals surface area contributed by atoms with E-state index >= 15 is 0 Å². The molecular formula is C30H36N4O2. The Kier molecular flexibility index (Phi) is 8.64. The van der Waals surface area contributed by atoms with Crippen molar-refractivity contribution in [1.29, 1.82) is 10.8 Å². The maximum atomic E-state index is 10.5. The van der Waals surface area contributed by atoms with Gasteiger partial charge in [-0.25, -0.2) is 4.79 Å². The van der Waals surface area contributed by atoms with E-state index in [2.05, 4.69) is 75.6 Å². The smallest absolute Gasteiger partial charge is 0.348 e. The summed E-state index contributed by atoms with van der Waals surface area (Å²) in [4.78, 5) is 14.8. The van der Waals surface area contributed by atoms with Crippen LogP contribution in [-0.4, -0.2) is 31.2 Å². The van der Waals surface area contributed by atoms with Gasteiger partial charge in [0.05, 0.1) is 0 Å². The molecule has 1 aliphatic heterocycles. The van der Waals surface area contributed by atoms with Crippen LogP contribution in [-0.2, 0) is 16.1 Å². The number of anilines is 2. The lowest BCUT2D eigenvalue weighted by atomic mass is 10.0. The molecule has 0 unspecified atom stereocenters. The molecule has 4 rings (SSSR count). The zero-order chi connectivity index (χ0) is 26.4. The first kappa shape index (κ1) is 26.7. The standard InChI is InChI=1S/C21H27N3.C9H9NO2/c1-13-9-15(3)19(16(4)10-13)23-7-8-24(21(23)22)20-17(5)11-14(2)12-18(20)6;10-6-9(11)12-7-8-4-2-1-3-5-8/h9-12,22H,7-8H2,1-6H3;1-6,10H,7H2. The van der Waals surface area contributed by atoms with Gasteiger partial charge in [0.15, 0.2) is 0 Å². The zero-order valence-corrected chi connectivity index (χ0v) is 22.1. The molecule has 3 aromatic rings. The van der Waals surface area contributed by atoms with E-state index in [9.17, 15) is 4.79 Å². The Balaban J connectivity index is 0.000000253. The maximum Gasteiger partial charge on any atom is 0.348 e. The van der Waals surface area contributed by atoms with Gasteiger partial charge in [-0.1, -0.05) is 65.7 Å². The summed E-state index contributed by atoms with van der Waals surface area (Å²) >= 11 is 0. The van der Waals surface area contributed by atoms with Crippen molar-refractivity contribution in [2.45, 2.75) is 48.1 Å². The van der Waals surface area contributed by atoms with Crippen molar-refractivity contribution >= 4 is 29.5 Å². The van der Waals surface area contributed by atoms with Crippen molar-refractivity contribution in [1.82, 2.24) is 0 Å². The summed E-state index contributed by atoms with van der Waals surface area (Å²) < 4.78 is 4.70. The first-order chi connectivity index (χ1) is 17.1. The number of ether oxygens (including phenoxy) is 1. The van der Waals surface area contributed by atoms with E-state index in [1.807, 2.05) is 30.3 Å². The molecular weight excluding hydrogens is 448 g/mol. The fourth-order valence-corrected chi connectivity index (χ4v) is 4.96. The van der Waals surface area contributed by atoms with Gasteiger partial charge in [-0.2, -0.15) is 0 Å². The summed E-state index contributed by atoms with van der Waals surface area (Å²) in [7, 11) is 0. The van der Waals surface area contributed by atoms with Crippen LogP contribution in [0.3, 0.4) is 0 Å². The second-order valence-corrected chi connectivity index (χ2v) is 9.36. The third kappa shape index (κ3) is 6.19. The van der Waals surface area contributed by atoms with Gasteiger partial charge in [0, 0.05) is 24.5 Å². The number of guanidine groups is 1. The lowest BCUT2D eigenvalue weighted by Crippen LogP contribution is -2.34. The van der Waals surface area contributed by atoms with Crippen molar-refractivity contribution in [3.05, 3.63) is 93.5 Å². The number of carbonyl (C=O) groups excluding carboxylic acids is 1. The van der Waals surface area contributed by atoms with Crippen molar-refractivity contribution < 1.29 is 9.53 Å². The van der Waals surface area contributed by atoms with Crippen LogP contribution in [0, 0.1) is 52.4 Å². The summed E-state index contributed by atoms with van der Waals surface area (Å²) in [5.74, 6) is -0.0287. The lowest BCUT2D eigenvalue weighted by Gasteiger charge is -2.27. The molecule has 0 radical (unpaired) electrons. The lowest BCUT2D eigenvalue weighted by molar-refractivity contribution is -0.136. The second kappa shape index (κ2) is 11.7. The number of hydrogen-bond donors (Lipinski definition) is 2. The van der Waals surface area contributed by atoms with Crippen molar-refractivity contribution in [2.75, 3.05) is 22.9 Å². The fourth-order valence-electron chi connectivity index (χ4n) is 4.96. The topological polar surface area (TPSA) is 80.5 Å². The Bertz CT molecular complexity index is 1150. The average molecular weight is 485 g/mol. The average Bonchev–Trinajstić information content (AvgIpc) is 3.18. The minimum atomic E-state index is -0.612. The first-order valence-corrected chi connectivity index (χ1v) is 12.1. The number of rotatable bonds is 5. The molecule has 0 aliphatic carbocycles. The van der Waals surface area contributed by atoms with Crippen LogP contribution in [0.4, 0.5) is 11.4 Å². The van der Waals surface area contributed by atoms with Gasteiger partial charge in [-0.15, -0.1) is 0 Å². The molecule has 1 saturated heterocycles. The summed E-state index contributed by atoms with van der Waals surface area (Å²) in [6, 6.07) is 18.2. The Morgan fingerprint density at radius 1 is 0.806 bits per heavy atom. The fraction of sp³-hybridized carbons (Fsp3) is 0.300. The highest BCUT2D eigenvalue weighted by atomic mass is 16.5. The first-order valence-electron chi connectivity index (χ1n) is 12.1. The Morgan fingerprint density at radius 2 is 1.22 bits per heavy atom. The number of benzene rings is 3. The van der Waals surface area contributed by atoms with Gasteiger partial charge in [0.1, 0.15) is 12.8 Å². The highest BCUT2D eigenvalue weighted by molar-refractivity contribution is 6.21. The largest absolute Gasteiger partial charge is 0.457 e. The zero-order valence-electron chi connectivity index (χ0n) is 22.1. The highest BCUT2D eigenvalue weighted by Crippen LogP contribution is 2.33. The molecule has 0 aromatic heterocycles. The number of nitrogens with zero attached hydrogens (tertiary/aromatic N) is 2. The summed E-state index contributed by atoms with van der Waals surface area (Å²) in [5, 5.41) is 15.4. The van der Waals surface area contributed by atoms with Gasteiger partial charge in [-0.3, -0.25) is 5.41 Å². The van der Waals surface area contributed by atoms with Gasteiger partial charge in [0.25, 0.3) is 0 Å². The number of hydrogen-bond acceptors (Lipinski definition) is 4. The van der Waals surface area contributed by atoms with Gasteiger partial charge >= 0.3 is 5.97 Å². The van der Waals surface area contributed by atoms with Crippen molar-refractivity contribution in [3.63, 3.8) is 0 Å². The van der Waals surface area contributed by atoms with Gasteiger partial charge in [0.2, 0.25) is 5.96 Å². The third-order valence-corrected chi connectivity index (χ3v) is 6.21. The quantitative estimate of drug-likeness (QED) is 0.335. The molecule has 188 valence electrons. The van der Waals surface area contributed by atoms with E-state index < -0.39 is 5.97 Å². The van der Waals surface area contributed by atoms with Gasteiger partial charge < -0.3 is 19.9 Å². The predicted octanol–water partition coefficient (Wildman–Crippen LogP) is 6.18. The third-order valence-electron chi connectivity index (χ3n) is 6.21. The minimum Gasteiger partial charge on any atom is -0.457 e. The number of nitrogens with one attached hydrogen (secondary N) is 2. The molecule has 1 aliphatic rings. The number of esters is 1. The molecule has 36 heavy (non-hydrogen) atoms. The molecule has 0 bridgehead atoms. The van der Waals surface area contributed by atoms with E-state index in [4.69, 9.17) is 15.6 Å². The summed E-state index contributed by atoms with van der Waals surface area (Å²) in [5.41, 5.74) is 10.8. The van der Waals surface area contributed by atoms with Crippen LogP contribution in [0.25, 0.3) is 0 Å². The summed E-state index contributed by atoms with van der Waals surface area (Å²) in [6.07, 6.45) is 0.656. The monoisotopic (exact) mass is 484 g/mol. The number of carbonyl (C=O) groups is 1. The Labute approximate surface area is 214 Å². The number of aryl methyl sites for hydroxylation is 6. The van der Waals surface area contributed by atoms with Crippen LogP contribution in [0.5, 0.6) is 0 Å². The van der Waals surface area contributed by atoms with Crippen LogP contribution < -0.4 is 9.80 Å². The molecule has 1 fully saturated rings. The normalized spacial score (nSPS) is 12.8.